The minimum absolute atomic E-state index is 0.270. The van der Waals surface area contributed by atoms with E-state index in [0.29, 0.717) is 0 Å². The summed E-state index contributed by atoms with van der Waals surface area (Å²) in [5, 5.41) is 11.4. The Kier molecular flexibility index (Phi) is 8.33. The fourth-order valence-corrected chi connectivity index (χ4v) is 9.98. The molecule has 0 saturated carbocycles. The van der Waals surface area contributed by atoms with E-state index in [1.165, 1.54) is 33.0 Å². The first kappa shape index (κ1) is 36.0. The van der Waals surface area contributed by atoms with Crippen molar-refractivity contribution in [3.8, 4) is 66.8 Å². The molecular weight excluding hydrogens is 759 g/mol. The quantitative estimate of drug-likeness (QED) is 0.147. The van der Waals surface area contributed by atoms with Gasteiger partial charge in [-0.1, -0.05) is 182 Å². The molecule has 0 aliphatic rings. The predicted molar refractivity (Wildman–Crippen MR) is 258 cm³/mol. The number of hydrogen-bond acceptors (Lipinski definition) is 0. The van der Waals surface area contributed by atoms with Crippen LogP contribution in [0.5, 0.6) is 0 Å². The first-order valence-corrected chi connectivity index (χ1v) is 21.0. The number of benzene rings is 12. The molecule has 0 aromatic heterocycles. The first-order valence-electron chi connectivity index (χ1n) is 21.0. The summed E-state index contributed by atoms with van der Waals surface area (Å²) < 4.78 is 29.2. The summed E-state index contributed by atoms with van der Waals surface area (Å²) in [4.78, 5) is 0. The average molecular weight is 795 g/mol. The fourth-order valence-electron chi connectivity index (χ4n) is 9.98. The molecule has 0 aliphatic carbocycles. The van der Waals surface area contributed by atoms with Crippen molar-refractivity contribution in [2.24, 2.45) is 0 Å². The van der Waals surface area contributed by atoms with Gasteiger partial charge in [-0.2, -0.15) is 0 Å². The third-order valence-corrected chi connectivity index (χ3v) is 12.8. The zero-order valence-electron chi connectivity index (χ0n) is 33.5. The molecule has 62 heavy (non-hydrogen) atoms. The molecule has 0 bridgehead atoms. The Morgan fingerprint density at radius 1 is 0.194 bits per heavy atom. The largest absolute Gasteiger partial charge is 0.207 e. The lowest BCUT2D eigenvalue weighted by Gasteiger charge is -2.23. The van der Waals surface area contributed by atoms with Crippen LogP contribution in [0.25, 0.3) is 121 Å². The zero-order valence-corrected chi connectivity index (χ0v) is 33.5. The molecule has 0 atom stereocenters. The molecule has 0 spiro atoms. The average Bonchev–Trinajstić information content (AvgIpc) is 3.33. The van der Waals surface area contributed by atoms with Crippen LogP contribution < -0.4 is 0 Å². The van der Waals surface area contributed by atoms with Gasteiger partial charge in [-0.3, -0.25) is 0 Å². The van der Waals surface area contributed by atoms with E-state index in [9.17, 15) is 8.78 Å². The second kappa shape index (κ2) is 14.4. The van der Waals surface area contributed by atoms with Gasteiger partial charge >= 0.3 is 0 Å². The highest BCUT2D eigenvalue weighted by atomic mass is 19.1. The highest BCUT2D eigenvalue weighted by Crippen LogP contribution is 2.50. The molecule has 0 radical (unpaired) electrons. The van der Waals surface area contributed by atoms with Gasteiger partial charge in [-0.15, -0.1) is 0 Å². The second-order valence-electron chi connectivity index (χ2n) is 16.2. The molecule has 12 aromatic rings. The molecule has 0 fully saturated rings. The highest BCUT2D eigenvalue weighted by Gasteiger charge is 2.23. The summed E-state index contributed by atoms with van der Waals surface area (Å²) in [6.07, 6.45) is 0. The topological polar surface area (TPSA) is 0 Å². The molecule has 12 rings (SSSR count). The Balaban J connectivity index is 1.22. The van der Waals surface area contributed by atoms with Crippen molar-refractivity contribution in [3.05, 3.63) is 230 Å². The van der Waals surface area contributed by atoms with E-state index in [1.807, 2.05) is 24.3 Å². The first-order chi connectivity index (χ1) is 30.6. The second-order valence-corrected chi connectivity index (χ2v) is 16.2. The zero-order chi connectivity index (χ0) is 41.3. The molecule has 0 aliphatic heterocycles. The van der Waals surface area contributed by atoms with E-state index in [1.54, 1.807) is 24.3 Å². The monoisotopic (exact) mass is 794 g/mol. The van der Waals surface area contributed by atoms with Crippen molar-refractivity contribution in [1.29, 1.82) is 0 Å². The molecule has 0 unspecified atom stereocenters. The Morgan fingerprint density at radius 2 is 0.484 bits per heavy atom. The van der Waals surface area contributed by atoms with E-state index in [-0.39, 0.29) is 11.6 Å². The van der Waals surface area contributed by atoms with Crippen LogP contribution in [0.1, 0.15) is 0 Å². The van der Waals surface area contributed by atoms with Gasteiger partial charge < -0.3 is 0 Å². The van der Waals surface area contributed by atoms with Gasteiger partial charge in [0.15, 0.2) is 0 Å². The number of hydrogen-bond donors (Lipinski definition) is 0. The fraction of sp³-hybridized carbons (Fsp3) is 0. The Labute approximate surface area is 357 Å². The molecule has 290 valence electrons. The summed E-state index contributed by atoms with van der Waals surface area (Å²) >= 11 is 0. The van der Waals surface area contributed by atoms with Crippen molar-refractivity contribution in [2.45, 2.75) is 0 Å². The van der Waals surface area contributed by atoms with Crippen LogP contribution in [0.15, 0.2) is 218 Å². The van der Waals surface area contributed by atoms with Crippen LogP contribution in [0, 0.1) is 11.6 Å². The van der Waals surface area contributed by atoms with E-state index < -0.39 is 0 Å². The molecule has 0 saturated heterocycles. The van der Waals surface area contributed by atoms with Gasteiger partial charge in [0, 0.05) is 0 Å². The van der Waals surface area contributed by atoms with E-state index in [2.05, 4.69) is 170 Å². The van der Waals surface area contributed by atoms with E-state index in [4.69, 9.17) is 0 Å². The maximum Gasteiger partial charge on any atom is 0.123 e. The Bertz CT molecular complexity index is 3420. The summed E-state index contributed by atoms with van der Waals surface area (Å²) in [6, 6.07) is 74.9. The standard InChI is InChI=1S/C60H36F2/c61-41-23-19-39(20-24-41)55-35-57(49-29-27-43(37-11-3-1-4-12-37)45-15-7-9-17-47(45)49)53-33-31-52-56(40-21-25-42(62)26-22-40)36-58(54-34-32-51(55)59(53)60(52)54)50-30-28-44(38-13-5-2-6-14-38)46-16-8-10-18-48(46)50/h1-36H. The van der Waals surface area contributed by atoms with Crippen LogP contribution in [0.4, 0.5) is 8.78 Å². The van der Waals surface area contributed by atoms with Crippen LogP contribution >= 0.6 is 0 Å². The van der Waals surface area contributed by atoms with Crippen molar-refractivity contribution in [2.75, 3.05) is 0 Å². The molecule has 0 nitrogen and oxygen atoms in total. The van der Waals surface area contributed by atoms with Gasteiger partial charge in [0.2, 0.25) is 0 Å². The van der Waals surface area contributed by atoms with Gasteiger partial charge in [-0.05, 0) is 157 Å². The molecule has 12 aromatic carbocycles. The van der Waals surface area contributed by atoms with Crippen LogP contribution in [-0.2, 0) is 0 Å². The summed E-state index contributed by atoms with van der Waals surface area (Å²) in [6.45, 7) is 0. The van der Waals surface area contributed by atoms with Crippen LogP contribution in [0.2, 0.25) is 0 Å². The summed E-state index contributed by atoms with van der Waals surface area (Å²) in [5.74, 6) is -0.540. The van der Waals surface area contributed by atoms with Gasteiger partial charge in [0.1, 0.15) is 11.6 Å². The Hall–Kier alpha value is -7.94. The third kappa shape index (κ3) is 5.72. The lowest BCUT2D eigenvalue weighted by Crippen LogP contribution is -1.95. The Morgan fingerprint density at radius 3 is 0.855 bits per heavy atom. The normalized spacial score (nSPS) is 11.7. The molecule has 2 heteroatoms. The molecule has 0 heterocycles. The summed E-state index contributed by atoms with van der Waals surface area (Å²) in [7, 11) is 0. The molecular formula is C60H36F2. The minimum atomic E-state index is -0.270. The van der Waals surface area contributed by atoms with Gasteiger partial charge in [0.05, 0.1) is 0 Å². The van der Waals surface area contributed by atoms with Crippen molar-refractivity contribution >= 4 is 53.9 Å². The molecule has 0 N–H and O–H groups in total. The third-order valence-electron chi connectivity index (χ3n) is 12.8. The van der Waals surface area contributed by atoms with Crippen molar-refractivity contribution < 1.29 is 8.78 Å². The van der Waals surface area contributed by atoms with Gasteiger partial charge in [0.25, 0.3) is 0 Å². The SMILES string of the molecule is Fc1ccc(-c2cc(-c3ccc(-c4ccccc4)c4ccccc34)c3ccc4c(-c5ccc(F)cc5)cc(-c5ccc(-c6ccccc6)c6ccccc56)c5ccc2c3c45)cc1. The number of halogens is 2. The van der Waals surface area contributed by atoms with Crippen LogP contribution in [-0.4, -0.2) is 0 Å². The van der Waals surface area contributed by atoms with Crippen molar-refractivity contribution in [1.82, 2.24) is 0 Å². The maximum atomic E-state index is 14.6. The lowest BCUT2D eigenvalue weighted by atomic mass is 9.80. The number of fused-ring (bicyclic) bond motifs is 2. The van der Waals surface area contributed by atoms with Crippen LogP contribution in [0.3, 0.4) is 0 Å². The predicted octanol–water partition coefficient (Wildman–Crippen LogP) is 17.2. The van der Waals surface area contributed by atoms with Crippen molar-refractivity contribution in [3.63, 3.8) is 0 Å². The highest BCUT2D eigenvalue weighted by molar-refractivity contribution is 6.33. The number of rotatable bonds is 6. The smallest absolute Gasteiger partial charge is 0.123 e. The molecule has 0 amide bonds. The lowest BCUT2D eigenvalue weighted by molar-refractivity contribution is 0.627. The minimum Gasteiger partial charge on any atom is -0.207 e. The summed E-state index contributed by atoms with van der Waals surface area (Å²) in [5.41, 5.74) is 13.1. The van der Waals surface area contributed by atoms with Gasteiger partial charge in [-0.25, -0.2) is 8.78 Å². The van der Waals surface area contributed by atoms with E-state index in [0.717, 1.165) is 87.6 Å². The van der Waals surface area contributed by atoms with E-state index >= 15 is 0 Å². The maximum absolute atomic E-state index is 14.6.